The number of hydrogen-bond acceptors (Lipinski definition) is 3. The van der Waals surface area contributed by atoms with Crippen molar-refractivity contribution in [1.82, 2.24) is 0 Å². The van der Waals surface area contributed by atoms with E-state index in [1.807, 2.05) is 26.0 Å². The molecule has 0 bridgehead atoms. The number of carbonyl (C=O) groups is 1. The Kier molecular flexibility index (Phi) is 3.79. The van der Waals surface area contributed by atoms with E-state index < -0.39 is 0 Å². The molecule has 1 atom stereocenters. The predicted molar refractivity (Wildman–Crippen MR) is 65.2 cm³/mol. The second kappa shape index (κ2) is 5.32. The lowest BCUT2D eigenvalue weighted by molar-refractivity contribution is 0.0161. The summed E-state index contributed by atoms with van der Waals surface area (Å²) in [5.74, 6) is -0.261. The van der Waals surface area contributed by atoms with E-state index in [0.29, 0.717) is 12.2 Å². The summed E-state index contributed by atoms with van der Waals surface area (Å²) < 4.78 is 10.6. The number of benzene rings is 1. The van der Waals surface area contributed by atoms with Gasteiger partial charge in [-0.15, -0.1) is 0 Å². The van der Waals surface area contributed by atoms with Crippen LogP contribution in [0.3, 0.4) is 0 Å². The van der Waals surface area contributed by atoms with E-state index in [2.05, 4.69) is 0 Å². The van der Waals surface area contributed by atoms with Crippen LogP contribution in [-0.4, -0.2) is 25.3 Å². The first kappa shape index (κ1) is 12.1. The standard InChI is InChI=1S/C14H18O3/c1-10-5-6-12(8-11(10)2)14(15)17-9-13-4-3-7-16-13/h5-6,8,13H,3-4,7,9H2,1-2H3. The van der Waals surface area contributed by atoms with E-state index in [9.17, 15) is 4.79 Å². The maximum absolute atomic E-state index is 11.8. The first-order valence-corrected chi connectivity index (χ1v) is 6.03. The predicted octanol–water partition coefficient (Wildman–Crippen LogP) is 2.64. The van der Waals surface area contributed by atoms with E-state index in [-0.39, 0.29) is 12.1 Å². The van der Waals surface area contributed by atoms with Gasteiger partial charge < -0.3 is 9.47 Å². The van der Waals surface area contributed by atoms with Crippen LogP contribution in [0.5, 0.6) is 0 Å². The molecule has 0 N–H and O–H groups in total. The van der Waals surface area contributed by atoms with Crippen LogP contribution in [-0.2, 0) is 9.47 Å². The minimum absolute atomic E-state index is 0.0884. The van der Waals surface area contributed by atoms with Crippen LogP contribution in [0.4, 0.5) is 0 Å². The zero-order valence-corrected chi connectivity index (χ0v) is 10.4. The zero-order valence-electron chi connectivity index (χ0n) is 10.4. The molecule has 1 heterocycles. The van der Waals surface area contributed by atoms with Crippen LogP contribution in [0, 0.1) is 13.8 Å². The molecule has 0 radical (unpaired) electrons. The highest BCUT2D eigenvalue weighted by molar-refractivity contribution is 5.89. The summed E-state index contributed by atoms with van der Waals surface area (Å²) in [7, 11) is 0. The molecule has 1 fully saturated rings. The zero-order chi connectivity index (χ0) is 12.3. The maximum atomic E-state index is 11.8. The number of hydrogen-bond donors (Lipinski definition) is 0. The van der Waals surface area contributed by atoms with Crippen LogP contribution in [0.2, 0.25) is 0 Å². The van der Waals surface area contributed by atoms with Crippen LogP contribution in [0.15, 0.2) is 18.2 Å². The summed E-state index contributed by atoms with van der Waals surface area (Å²) in [6.07, 6.45) is 2.14. The summed E-state index contributed by atoms with van der Waals surface area (Å²) in [4.78, 5) is 11.8. The summed E-state index contributed by atoms with van der Waals surface area (Å²) in [6, 6.07) is 5.62. The molecule has 0 aliphatic carbocycles. The molecule has 17 heavy (non-hydrogen) atoms. The fraction of sp³-hybridized carbons (Fsp3) is 0.500. The fourth-order valence-corrected chi connectivity index (χ4v) is 1.90. The monoisotopic (exact) mass is 234 g/mol. The summed E-state index contributed by atoms with van der Waals surface area (Å²) in [5.41, 5.74) is 2.91. The van der Waals surface area contributed by atoms with Crippen LogP contribution in [0.25, 0.3) is 0 Å². The van der Waals surface area contributed by atoms with Crippen molar-refractivity contribution in [3.63, 3.8) is 0 Å². The normalized spacial score (nSPS) is 19.3. The Bertz CT molecular complexity index is 406. The highest BCUT2D eigenvalue weighted by Crippen LogP contribution is 2.14. The van der Waals surface area contributed by atoms with Gasteiger partial charge in [-0.1, -0.05) is 6.07 Å². The van der Waals surface area contributed by atoms with Gasteiger partial charge in [-0.05, 0) is 49.9 Å². The Morgan fingerprint density at radius 1 is 1.41 bits per heavy atom. The molecule has 1 aliphatic rings. The summed E-state index contributed by atoms with van der Waals surface area (Å²) in [5, 5.41) is 0. The number of aryl methyl sites for hydroxylation is 2. The molecule has 0 aromatic heterocycles. The second-order valence-electron chi connectivity index (χ2n) is 4.53. The molecular formula is C14H18O3. The van der Waals surface area contributed by atoms with Gasteiger partial charge in [0, 0.05) is 6.61 Å². The first-order chi connectivity index (χ1) is 8.16. The largest absolute Gasteiger partial charge is 0.459 e. The number of rotatable bonds is 3. The number of esters is 1. The van der Waals surface area contributed by atoms with Gasteiger partial charge in [-0.3, -0.25) is 0 Å². The first-order valence-electron chi connectivity index (χ1n) is 6.03. The minimum Gasteiger partial charge on any atom is -0.459 e. The number of ether oxygens (including phenoxy) is 2. The van der Waals surface area contributed by atoms with Crippen molar-refractivity contribution in [3.05, 3.63) is 34.9 Å². The molecule has 1 unspecified atom stereocenters. The third-order valence-electron chi connectivity index (χ3n) is 3.17. The molecule has 1 aromatic carbocycles. The average Bonchev–Trinajstić information content (AvgIpc) is 2.82. The smallest absolute Gasteiger partial charge is 0.338 e. The Labute approximate surface area is 102 Å². The minimum atomic E-state index is -0.261. The van der Waals surface area contributed by atoms with Crippen molar-refractivity contribution in [2.24, 2.45) is 0 Å². The summed E-state index contributed by atoms with van der Waals surface area (Å²) in [6.45, 7) is 5.17. The highest BCUT2D eigenvalue weighted by Gasteiger charge is 2.18. The summed E-state index contributed by atoms with van der Waals surface area (Å²) >= 11 is 0. The van der Waals surface area contributed by atoms with Crippen molar-refractivity contribution < 1.29 is 14.3 Å². The van der Waals surface area contributed by atoms with E-state index in [1.165, 1.54) is 5.56 Å². The molecule has 3 nitrogen and oxygen atoms in total. The van der Waals surface area contributed by atoms with Gasteiger partial charge in [0.1, 0.15) is 6.61 Å². The lowest BCUT2D eigenvalue weighted by Crippen LogP contribution is -2.17. The molecule has 0 spiro atoms. The highest BCUT2D eigenvalue weighted by atomic mass is 16.6. The topological polar surface area (TPSA) is 35.5 Å². The van der Waals surface area contributed by atoms with Crippen molar-refractivity contribution in [2.75, 3.05) is 13.2 Å². The molecule has 3 heteroatoms. The number of carbonyl (C=O) groups excluding carboxylic acids is 1. The lowest BCUT2D eigenvalue weighted by Gasteiger charge is -2.10. The SMILES string of the molecule is Cc1ccc(C(=O)OCC2CCCO2)cc1C. The van der Waals surface area contributed by atoms with Gasteiger partial charge in [-0.25, -0.2) is 4.79 Å². The Morgan fingerprint density at radius 2 is 2.24 bits per heavy atom. The molecule has 0 saturated carbocycles. The van der Waals surface area contributed by atoms with Crippen molar-refractivity contribution >= 4 is 5.97 Å². The van der Waals surface area contributed by atoms with Gasteiger partial charge >= 0.3 is 5.97 Å². The fourth-order valence-electron chi connectivity index (χ4n) is 1.90. The second-order valence-corrected chi connectivity index (χ2v) is 4.53. The van der Waals surface area contributed by atoms with Crippen LogP contribution >= 0.6 is 0 Å². The lowest BCUT2D eigenvalue weighted by atomic mass is 10.1. The third kappa shape index (κ3) is 3.07. The molecular weight excluding hydrogens is 216 g/mol. The quantitative estimate of drug-likeness (QED) is 0.754. The van der Waals surface area contributed by atoms with Crippen LogP contribution < -0.4 is 0 Å². The Balaban J connectivity index is 1.92. The van der Waals surface area contributed by atoms with E-state index in [4.69, 9.17) is 9.47 Å². The maximum Gasteiger partial charge on any atom is 0.338 e. The van der Waals surface area contributed by atoms with Gasteiger partial charge in [0.25, 0.3) is 0 Å². The molecule has 92 valence electrons. The van der Waals surface area contributed by atoms with E-state index in [0.717, 1.165) is 25.0 Å². The third-order valence-corrected chi connectivity index (χ3v) is 3.17. The molecule has 1 saturated heterocycles. The van der Waals surface area contributed by atoms with Gasteiger partial charge in [0.2, 0.25) is 0 Å². The Hall–Kier alpha value is -1.35. The molecule has 1 aromatic rings. The molecule has 0 amide bonds. The van der Waals surface area contributed by atoms with Gasteiger partial charge in [0.15, 0.2) is 0 Å². The van der Waals surface area contributed by atoms with Gasteiger partial charge in [-0.2, -0.15) is 0 Å². The van der Waals surface area contributed by atoms with Crippen LogP contribution in [0.1, 0.15) is 34.3 Å². The van der Waals surface area contributed by atoms with Gasteiger partial charge in [0.05, 0.1) is 11.7 Å². The van der Waals surface area contributed by atoms with E-state index >= 15 is 0 Å². The average molecular weight is 234 g/mol. The van der Waals surface area contributed by atoms with Crippen molar-refractivity contribution in [2.45, 2.75) is 32.8 Å². The molecule has 1 aliphatic heterocycles. The van der Waals surface area contributed by atoms with Crippen molar-refractivity contribution in [1.29, 1.82) is 0 Å². The van der Waals surface area contributed by atoms with Crippen molar-refractivity contribution in [3.8, 4) is 0 Å². The van der Waals surface area contributed by atoms with E-state index in [1.54, 1.807) is 6.07 Å². The Morgan fingerprint density at radius 3 is 2.88 bits per heavy atom. The molecule has 2 rings (SSSR count).